The van der Waals surface area contributed by atoms with Crippen molar-refractivity contribution in [2.24, 2.45) is 5.41 Å². The summed E-state index contributed by atoms with van der Waals surface area (Å²) in [5.74, 6) is 0. The molecule has 0 amide bonds. The molecule has 0 aromatic rings. The highest BCUT2D eigenvalue weighted by Gasteiger charge is 2.22. The van der Waals surface area contributed by atoms with E-state index in [9.17, 15) is 0 Å². The molecule has 0 saturated carbocycles. The second kappa shape index (κ2) is 6.98. The molecule has 98 valence electrons. The zero-order chi connectivity index (χ0) is 12.7. The summed E-state index contributed by atoms with van der Waals surface area (Å²) in [6.07, 6.45) is 4.64. The third-order valence-electron chi connectivity index (χ3n) is 3.61. The van der Waals surface area contributed by atoms with Gasteiger partial charge in [-0.2, -0.15) is 5.26 Å². The Morgan fingerprint density at radius 2 is 2.18 bits per heavy atom. The van der Waals surface area contributed by atoms with Crippen molar-refractivity contribution in [2.75, 3.05) is 26.2 Å². The summed E-state index contributed by atoms with van der Waals surface area (Å²) in [4.78, 5) is 2.60. The van der Waals surface area contributed by atoms with Crippen LogP contribution in [0.2, 0.25) is 0 Å². The highest BCUT2D eigenvalue weighted by Crippen LogP contribution is 2.21. The average Bonchev–Trinajstić information content (AvgIpc) is 2.81. The van der Waals surface area contributed by atoms with Gasteiger partial charge in [-0.05, 0) is 59.2 Å². The van der Waals surface area contributed by atoms with Crippen LogP contribution in [0.4, 0.5) is 0 Å². The highest BCUT2D eigenvalue weighted by molar-refractivity contribution is 4.91. The molecule has 17 heavy (non-hydrogen) atoms. The van der Waals surface area contributed by atoms with Crippen LogP contribution < -0.4 is 5.32 Å². The lowest BCUT2D eigenvalue weighted by Gasteiger charge is -2.28. The molecule has 0 bridgehead atoms. The molecule has 1 aliphatic heterocycles. The summed E-state index contributed by atoms with van der Waals surface area (Å²) in [7, 11) is 0. The van der Waals surface area contributed by atoms with Gasteiger partial charge in [-0.25, -0.2) is 0 Å². The first-order chi connectivity index (χ1) is 8.09. The van der Waals surface area contributed by atoms with Gasteiger partial charge in [0.25, 0.3) is 0 Å². The molecular formula is C14H27N3. The van der Waals surface area contributed by atoms with Crippen LogP contribution in [0.5, 0.6) is 0 Å². The summed E-state index contributed by atoms with van der Waals surface area (Å²) in [6, 6.07) is 3.11. The maximum atomic E-state index is 9.00. The second-order valence-corrected chi connectivity index (χ2v) is 5.78. The van der Waals surface area contributed by atoms with Crippen molar-refractivity contribution in [3.05, 3.63) is 0 Å². The minimum Gasteiger partial charge on any atom is -0.315 e. The Morgan fingerprint density at radius 1 is 1.41 bits per heavy atom. The Hall–Kier alpha value is -0.590. The monoisotopic (exact) mass is 237 g/mol. The zero-order valence-corrected chi connectivity index (χ0v) is 11.6. The number of rotatable bonds is 7. The van der Waals surface area contributed by atoms with Crippen molar-refractivity contribution in [1.82, 2.24) is 10.2 Å². The molecule has 0 aromatic heterocycles. The van der Waals surface area contributed by atoms with Crippen LogP contribution in [0.25, 0.3) is 0 Å². The van der Waals surface area contributed by atoms with E-state index in [4.69, 9.17) is 5.26 Å². The molecule has 1 rings (SSSR count). The van der Waals surface area contributed by atoms with Crippen LogP contribution in [-0.2, 0) is 0 Å². The summed E-state index contributed by atoms with van der Waals surface area (Å²) < 4.78 is 0. The van der Waals surface area contributed by atoms with Crippen LogP contribution in [0.1, 0.15) is 46.5 Å². The number of nitrogens with zero attached hydrogens (tertiary/aromatic N) is 2. The Kier molecular flexibility index (Phi) is 5.94. The van der Waals surface area contributed by atoms with Crippen molar-refractivity contribution in [3.63, 3.8) is 0 Å². The minimum absolute atomic E-state index is 0.161. The molecule has 3 nitrogen and oxygen atoms in total. The lowest BCUT2D eigenvalue weighted by Crippen LogP contribution is -2.38. The van der Waals surface area contributed by atoms with E-state index in [-0.39, 0.29) is 5.41 Å². The van der Waals surface area contributed by atoms with E-state index in [0.29, 0.717) is 0 Å². The van der Waals surface area contributed by atoms with E-state index < -0.39 is 0 Å². The third-order valence-corrected chi connectivity index (χ3v) is 3.61. The standard InChI is InChI=1S/C14H27N3/c1-4-9-17(13-6-8-16-11-13)10-5-7-14(2,3)12-15/h13,16H,4-11H2,1-3H3. The van der Waals surface area contributed by atoms with Crippen LogP contribution in [-0.4, -0.2) is 37.1 Å². The van der Waals surface area contributed by atoms with Crippen molar-refractivity contribution in [3.8, 4) is 6.07 Å². The number of hydrogen-bond donors (Lipinski definition) is 1. The quantitative estimate of drug-likeness (QED) is 0.739. The van der Waals surface area contributed by atoms with E-state index in [1.54, 1.807) is 0 Å². The maximum absolute atomic E-state index is 9.00. The van der Waals surface area contributed by atoms with Gasteiger partial charge in [0.05, 0.1) is 11.5 Å². The number of nitriles is 1. The van der Waals surface area contributed by atoms with E-state index in [0.717, 1.165) is 38.5 Å². The molecule has 0 spiro atoms. The normalized spacial score (nSPS) is 20.8. The molecule has 0 aromatic carbocycles. The predicted molar refractivity (Wildman–Crippen MR) is 71.8 cm³/mol. The molecule has 1 N–H and O–H groups in total. The second-order valence-electron chi connectivity index (χ2n) is 5.78. The summed E-state index contributed by atoms with van der Waals surface area (Å²) >= 11 is 0. The average molecular weight is 237 g/mol. The van der Waals surface area contributed by atoms with E-state index in [1.165, 1.54) is 19.4 Å². The number of nitrogens with one attached hydrogen (secondary N) is 1. The highest BCUT2D eigenvalue weighted by atomic mass is 15.2. The van der Waals surface area contributed by atoms with Gasteiger partial charge in [-0.3, -0.25) is 4.90 Å². The largest absolute Gasteiger partial charge is 0.315 e. The molecule has 1 fully saturated rings. The van der Waals surface area contributed by atoms with Gasteiger partial charge in [0.2, 0.25) is 0 Å². The summed E-state index contributed by atoms with van der Waals surface area (Å²) in [5, 5.41) is 12.4. The van der Waals surface area contributed by atoms with E-state index in [1.807, 2.05) is 13.8 Å². The first kappa shape index (κ1) is 14.5. The molecule has 0 aliphatic carbocycles. The fourth-order valence-electron chi connectivity index (χ4n) is 2.50. The van der Waals surface area contributed by atoms with Crippen molar-refractivity contribution < 1.29 is 0 Å². The molecule has 1 unspecified atom stereocenters. The Bertz CT molecular complexity index is 249. The van der Waals surface area contributed by atoms with Crippen molar-refractivity contribution in [2.45, 2.75) is 52.5 Å². The van der Waals surface area contributed by atoms with E-state index in [2.05, 4.69) is 23.2 Å². The van der Waals surface area contributed by atoms with Gasteiger partial charge < -0.3 is 5.32 Å². The van der Waals surface area contributed by atoms with Gasteiger partial charge in [-0.15, -0.1) is 0 Å². The Labute approximate surface area is 106 Å². The SMILES string of the molecule is CCCN(CCCC(C)(C)C#N)C1CCNC1. The fraction of sp³-hybridized carbons (Fsp3) is 0.929. The van der Waals surface area contributed by atoms with Gasteiger partial charge in [-0.1, -0.05) is 6.92 Å². The molecule has 3 heteroatoms. The Morgan fingerprint density at radius 3 is 2.71 bits per heavy atom. The van der Waals surface area contributed by atoms with Crippen molar-refractivity contribution in [1.29, 1.82) is 5.26 Å². The maximum Gasteiger partial charge on any atom is 0.0683 e. The van der Waals surface area contributed by atoms with Crippen LogP contribution in [0, 0.1) is 16.7 Å². The Balaban J connectivity index is 2.32. The lowest BCUT2D eigenvalue weighted by molar-refractivity contribution is 0.197. The first-order valence-electron chi connectivity index (χ1n) is 6.95. The third kappa shape index (κ3) is 5.06. The minimum atomic E-state index is -0.161. The lowest BCUT2D eigenvalue weighted by atomic mass is 9.89. The van der Waals surface area contributed by atoms with Crippen LogP contribution >= 0.6 is 0 Å². The van der Waals surface area contributed by atoms with Crippen LogP contribution in [0.15, 0.2) is 0 Å². The van der Waals surface area contributed by atoms with Crippen molar-refractivity contribution >= 4 is 0 Å². The van der Waals surface area contributed by atoms with Gasteiger partial charge in [0, 0.05) is 12.6 Å². The smallest absolute Gasteiger partial charge is 0.0683 e. The molecule has 1 aliphatic rings. The van der Waals surface area contributed by atoms with Crippen LogP contribution in [0.3, 0.4) is 0 Å². The van der Waals surface area contributed by atoms with Gasteiger partial charge in [0.15, 0.2) is 0 Å². The number of hydrogen-bond acceptors (Lipinski definition) is 3. The zero-order valence-electron chi connectivity index (χ0n) is 11.6. The topological polar surface area (TPSA) is 39.1 Å². The molecule has 1 atom stereocenters. The van der Waals surface area contributed by atoms with Gasteiger partial charge >= 0.3 is 0 Å². The molecular weight excluding hydrogens is 210 g/mol. The molecule has 1 saturated heterocycles. The first-order valence-corrected chi connectivity index (χ1v) is 6.95. The summed E-state index contributed by atoms with van der Waals surface area (Å²) in [6.45, 7) is 11.0. The predicted octanol–water partition coefficient (Wildman–Crippen LogP) is 2.39. The van der Waals surface area contributed by atoms with Gasteiger partial charge in [0.1, 0.15) is 0 Å². The molecule has 1 heterocycles. The fourth-order valence-corrected chi connectivity index (χ4v) is 2.50. The summed E-state index contributed by atoms with van der Waals surface area (Å²) in [5.41, 5.74) is -0.161. The molecule has 0 radical (unpaired) electrons. The van der Waals surface area contributed by atoms with E-state index >= 15 is 0 Å².